The molecule has 0 saturated carbocycles. The molecule has 0 aliphatic carbocycles. The summed E-state index contributed by atoms with van der Waals surface area (Å²) in [5.74, 6) is 0. The average molecular weight is 341 g/mol. The summed E-state index contributed by atoms with van der Waals surface area (Å²) in [4.78, 5) is 4.57. The highest BCUT2D eigenvalue weighted by molar-refractivity contribution is 7.89. The maximum absolute atomic E-state index is 12.2. The maximum atomic E-state index is 12.2. The number of hydrogen-bond donors (Lipinski definition) is 2. The molecule has 0 unspecified atom stereocenters. The molecule has 0 fully saturated rings. The molecule has 3 N–H and O–H groups in total. The van der Waals surface area contributed by atoms with Crippen LogP contribution in [0, 0.1) is 6.92 Å². The second kappa shape index (κ2) is 6.61. The molecule has 0 atom stereocenters. The van der Waals surface area contributed by atoms with Gasteiger partial charge >= 0.3 is 0 Å². The Balaban J connectivity index is 2.08. The zero-order chi connectivity index (χ0) is 15.5. The van der Waals surface area contributed by atoms with Crippen molar-refractivity contribution in [2.75, 3.05) is 6.54 Å². The van der Waals surface area contributed by atoms with Crippen LogP contribution in [0.2, 0.25) is 0 Å². The number of benzene rings is 1. The van der Waals surface area contributed by atoms with Crippen molar-refractivity contribution in [2.24, 2.45) is 5.73 Å². The number of nitrogens with zero attached hydrogens (tertiary/aromatic N) is 1. The number of thiazole rings is 1. The third-order valence-electron chi connectivity index (χ3n) is 2.89. The van der Waals surface area contributed by atoms with E-state index in [2.05, 4.69) is 9.71 Å². The number of aromatic nitrogens is 1. The Kier molecular flexibility index (Phi) is 5.04. The molecule has 8 heteroatoms. The first-order chi connectivity index (χ1) is 9.90. The van der Waals surface area contributed by atoms with Crippen LogP contribution in [-0.2, 0) is 16.4 Å². The average Bonchev–Trinajstić information content (AvgIpc) is 2.91. The Morgan fingerprint density at radius 3 is 2.81 bits per heavy atom. The lowest BCUT2D eigenvalue weighted by molar-refractivity contribution is 0.581. The highest BCUT2D eigenvalue weighted by atomic mass is 32.2. The summed E-state index contributed by atoms with van der Waals surface area (Å²) < 4.78 is 27.0. The van der Waals surface area contributed by atoms with Gasteiger partial charge in [-0.3, -0.25) is 0 Å². The first-order valence-corrected chi connectivity index (χ1v) is 8.96. The van der Waals surface area contributed by atoms with Crippen LogP contribution >= 0.6 is 23.6 Å². The fourth-order valence-corrected chi connectivity index (χ4v) is 3.80. The number of nitrogens with one attached hydrogen (secondary N) is 1. The topological polar surface area (TPSA) is 85.1 Å². The van der Waals surface area contributed by atoms with E-state index in [1.165, 1.54) is 17.4 Å². The predicted octanol–water partition coefficient (Wildman–Crippen LogP) is 1.61. The fraction of sp³-hybridized carbons (Fsp3) is 0.231. The van der Waals surface area contributed by atoms with Gasteiger partial charge in [-0.2, -0.15) is 0 Å². The first-order valence-electron chi connectivity index (χ1n) is 6.18. The largest absolute Gasteiger partial charge is 0.389 e. The summed E-state index contributed by atoms with van der Waals surface area (Å²) in [5, 5.41) is 2.76. The third kappa shape index (κ3) is 4.07. The molecule has 0 amide bonds. The monoisotopic (exact) mass is 341 g/mol. The highest BCUT2D eigenvalue weighted by Gasteiger charge is 2.15. The second-order valence-corrected chi connectivity index (χ2v) is 7.60. The molecule has 1 aromatic carbocycles. The standard InChI is InChI=1S/C13H15N3O2S3/c1-9-8-10(2-3-11(9)13(14)19)21(17,18)16-5-4-12-15-6-7-20-12/h2-3,6-8,16H,4-5H2,1H3,(H2,14,19). The van der Waals surface area contributed by atoms with E-state index in [9.17, 15) is 8.42 Å². The Labute approximate surface area is 133 Å². The molecule has 2 aromatic rings. The molecule has 0 saturated heterocycles. The number of nitrogens with two attached hydrogens (primary N) is 1. The molecule has 0 aliphatic rings. The molecule has 1 aromatic heterocycles. The van der Waals surface area contributed by atoms with Crippen molar-refractivity contribution in [1.29, 1.82) is 0 Å². The fourth-order valence-electron chi connectivity index (χ4n) is 1.83. The predicted molar refractivity (Wildman–Crippen MR) is 88.1 cm³/mol. The quantitative estimate of drug-likeness (QED) is 0.780. The molecule has 112 valence electrons. The van der Waals surface area contributed by atoms with Gasteiger partial charge in [-0.05, 0) is 24.6 Å². The van der Waals surface area contributed by atoms with Gasteiger partial charge in [-0.1, -0.05) is 18.3 Å². The van der Waals surface area contributed by atoms with Crippen LogP contribution in [0.15, 0.2) is 34.7 Å². The Morgan fingerprint density at radius 2 is 2.24 bits per heavy atom. The molecular formula is C13H15N3O2S3. The SMILES string of the molecule is Cc1cc(S(=O)(=O)NCCc2nccs2)ccc1C(N)=S. The van der Waals surface area contributed by atoms with Gasteiger partial charge < -0.3 is 5.73 Å². The van der Waals surface area contributed by atoms with Crippen LogP contribution in [0.3, 0.4) is 0 Å². The van der Waals surface area contributed by atoms with Gasteiger partial charge in [0.15, 0.2) is 0 Å². The Hall–Kier alpha value is -1.35. The van der Waals surface area contributed by atoms with E-state index in [1.54, 1.807) is 25.3 Å². The van der Waals surface area contributed by atoms with Gasteiger partial charge in [0.2, 0.25) is 10.0 Å². The van der Waals surface area contributed by atoms with Crippen molar-refractivity contribution in [2.45, 2.75) is 18.2 Å². The second-order valence-electron chi connectivity index (χ2n) is 4.41. The van der Waals surface area contributed by atoms with E-state index >= 15 is 0 Å². The Bertz CT molecular complexity index is 740. The van der Waals surface area contributed by atoms with Gasteiger partial charge in [0, 0.05) is 30.1 Å². The van der Waals surface area contributed by atoms with E-state index in [0.29, 0.717) is 18.5 Å². The van der Waals surface area contributed by atoms with Crippen LogP contribution < -0.4 is 10.5 Å². The van der Waals surface area contributed by atoms with Crippen molar-refractivity contribution >= 4 is 38.6 Å². The molecule has 0 radical (unpaired) electrons. The van der Waals surface area contributed by atoms with E-state index < -0.39 is 10.0 Å². The maximum Gasteiger partial charge on any atom is 0.240 e. The lowest BCUT2D eigenvalue weighted by Crippen LogP contribution is -2.26. The van der Waals surface area contributed by atoms with Gasteiger partial charge in [-0.25, -0.2) is 18.1 Å². The van der Waals surface area contributed by atoms with Crippen molar-refractivity contribution in [3.8, 4) is 0 Å². The number of thiocarbonyl (C=S) groups is 1. The van der Waals surface area contributed by atoms with Crippen LogP contribution in [0.4, 0.5) is 0 Å². The molecule has 2 rings (SSSR count). The number of sulfonamides is 1. The number of aryl methyl sites for hydroxylation is 1. The molecule has 0 spiro atoms. The van der Waals surface area contributed by atoms with E-state index in [1.807, 2.05) is 5.38 Å². The summed E-state index contributed by atoms with van der Waals surface area (Å²) in [6.45, 7) is 2.09. The summed E-state index contributed by atoms with van der Waals surface area (Å²) in [7, 11) is -3.54. The highest BCUT2D eigenvalue weighted by Crippen LogP contribution is 2.15. The minimum absolute atomic E-state index is 0.208. The zero-order valence-corrected chi connectivity index (χ0v) is 13.8. The number of hydrogen-bond acceptors (Lipinski definition) is 5. The van der Waals surface area contributed by atoms with E-state index in [0.717, 1.165) is 10.6 Å². The van der Waals surface area contributed by atoms with E-state index in [-0.39, 0.29) is 9.88 Å². The minimum Gasteiger partial charge on any atom is -0.389 e. The lowest BCUT2D eigenvalue weighted by Gasteiger charge is -2.09. The van der Waals surface area contributed by atoms with Crippen molar-refractivity contribution < 1.29 is 8.42 Å². The lowest BCUT2D eigenvalue weighted by atomic mass is 10.1. The molecular weight excluding hydrogens is 326 g/mol. The van der Waals surface area contributed by atoms with Crippen molar-refractivity contribution in [3.63, 3.8) is 0 Å². The molecule has 0 bridgehead atoms. The normalized spacial score (nSPS) is 11.5. The Morgan fingerprint density at radius 1 is 1.48 bits per heavy atom. The van der Waals surface area contributed by atoms with Crippen LogP contribution in [0.1, 0.15) is 16.1 Å². The van der Waals surface area contributed by atoms with Crippen LogP contribution in [0.25, 0.3) is 0 Å². The summed E-state index contributed by atoms with van der Waals surface area (Å²) >= 11 is 6.41. The van der Waals surface area contributed by atoms with Gasteiger partial charge in [-0.15, -0.1) is 11.3 Å². The first kappa shape index (κ1) is 16.0. The molecule has 1 heterocycles. The van der Waals surface area contributed by atoms with Crippen molar-refractivity contribution in [1.82, 2.24) is 9.71 Å². The van der Waals surface area contributed by atoms with Crippen LogP contribution in [0.5, 0.6) is 0 Å². The van der Waals surface area contributed by atoms with Crippen molar-refractivity contribution in [3.05, 3.63) is 45.9 Å². The number of rotatable bonds is 6. The minimum atomic E-state index is -3.54. The smallest absolute Gasteiger partial charge is 0.240 e. The van der Waals surface area contributed by atoms with Gasteiger partial charge in [0.25, 0.3) is 0 Å². The summed E-state index contributed by atoms with van der Waals surface area (Å²) in [6, 6.07) is 4.71. The van der Waals surface area contributed by atoms with Crippen LogP contribution in [-0.4, -0.2) is 24.9 Å². The van der Waals surface area contributed by atoms with Gasteiger partial charge in [0.05, 0.1) is 9.90 Å². The molecule has 5 nitrogen and oxygen atoms in total. The summed E-state index contributed by atoms with van der Waals surface area (Å²) in [6.07, 6.45) is 2.27. The zero-order valence-electron chi connectivity index (χ0n) is 11.4. The van der Waals surface area contributed by atoms with Gasteiger partial charge in [0.1, 0.15) is 4.99 Å². The third-order valence-corrected chi connectivity index (χ3v) is 5.41. The molecule has 21 heavy (non-hydrogen) atoms. The summed E-state index contributed by atoms with van der Waals surface area (Å²) in [5.41, 5.74) is 7.00. The molecule has 0 aliphatic heterocycles. The van der Waals surface area contributed by atoms with E-state index in [4.69, 9.17) is 18.0 Å².